The van der Waals surface area contributed by atoms with Gasteiger partial charge in [0.05, 0.1) is 11.1 Å². The minimum atomic E-state index is -0.560. The highest BCUT2D eigenvalue weighted by atomic mass is 16.6. The quantitative estimate of drug-likeness (QED) is 0.343. The van der Waals surface area contributed by atoms with Gasteiger partial charge in [-0.2, -0.15) is 0 Å². The van der Waals surface area contributed by atoms with Crippen molar-refractivity contribution in [3.8, 4) is 0 Å². The molecule has 0 N–H and O–H groups in total. The second-order valence-electron chi connectivity index (χ2n) is 9.99. The van der Waals surface area contributed by atoms with Crippen molar-refractivity contribution in [3.05, 3.63) is 71.5 Å². The molecule has 4 aromatic rings. The van der Waals surface area contributed by atoms with E-state index in [1.807, 2.05) is 54.2 Å². The van der Waals surface area contributed by atoms with E-state index >= 15 is 0 Å². The molecule has 0 unspecified atom stereocenters. The average Bonchev–Trinajstić information content (AvgIpc) is 3.53. The summed E-state index contributed by atoms with van der Waals surface area (Å²) >= 11 is 0. The van der Waals surface area contributed by atoms with Crippen molar-refractivity contribution in [2.75, 3.05) is 20.1 Å². The topological polar surface area (TPSA) is 56.5 Å². The van der Waals surface area contributed by atoms with Crippen LogP contribution in [0.2, 0.25) is 0 Å². The predicted octanol–water partition coefficient (Wildman–Crippen LogP) is 3.86. The molecule has 7 rings (SSSR count). The number of benzene rings is 2. The second kappa shape index (κ2) is 6.93. The Kier molecular flexibility index (Phi) is 4.04. The highest BCUT2D eigenvalue weighted by Gasteiger charge is 2.42. The van der Waals surface area contributed by atoms with Crippen LogP contribution in [0.5, 0.6) is 0 Å². The van der Waals surface area contributed by atoms with Crippen LogP contribution in [0.1, 0.15) is 16.8 Å². The average molecular weight is 452 g/mol. The number of nitrogens with zero attached hydrogens (tertiary/aromatic N) is 3. The smallest absolute Gasteiger partial charge is 0.347 e. The molecule has 3 aliphatic rings. The Labute approximate surface area is 197 Å². The van der Waals surface area contributed by atoms with Gasteiger partial charge in [0.15, 0.2) is 0 Å². The summed E-state index contributed by atoms with van der Waals surface area (Å²) in [6.07, 6.45) is 2.83. The maximum absolute atomic E-state index is 13.3. The van der Waals surface area contributed by atoms with E-state index in [0.29, 0.717) is 23.0 Å². The number of para-hydroxylation sites is 2. The number of carbonyl (C=O) groups is 2. The van der Waals surface area contributed by atoms with Gasteiger partial charge < -0.3 is 18.8 Å². The van der Waals surface area contributed by atoms with Gasteiger partial charge in [0.2, 0.25) is 0 Å². The van der Waals surface area contributed by atoms with E-state index < -0.39 is 11.9 Å². The molecule has 6 nitrogen and oxygen atoms in total. The molecule has 5 heterocycles. The van der Waals surface area contributed by atoms with Gasteiger partial charge in [-0.05, 0) is 37.4 Å². The van der Waals surface area contributed by atoms with Crippen LogP contribution in [0.25, 0.3) is 33.0 Å². The monoisotopic (exact) mass is 451 g/mol. The standard InChI is InChI=1S/C28H25N3O3/c1-29-12-16-11-23-24(19-8-4-6-10-22(19)31(23)14-17(16)13-29)26-25(27(32)34-28(26)33)20-15-30(2)21-9-5-3-7-18(20)21/h3-10,15-17H,11-14H2,1-2H3/t16-,17+/m0/s1. The number of hydrogen-bond donors (Lipinski definition) is 0. The third-order valence-electron chi connectivity index (χ3n) is 7.97. The first-order valence-corrected chi connectivity index (χ1v) is 11.9. The van der Waals surface area contributed by atoms with Crippen molar-refractivity contribution in [1.82, 2.24) is 14.0 Å². The van der Waals surface area contributed by atoms with Crippen LogP contribution in [0, 0.1) is 11.8 Å². The van der Waals surface area contributed by atoms with E-state index in [2.05, 4.69) is 28.6 Å². The lowest BCUT2D eigenvalue weighted by Crippen LogP contribution is -2.28. The summed E-state index contributed by atoms with van der Waals surface area (Å²) in [5.41, 5.74) is 5.71. The molecule has 0 saturated carbocycles. The number of likely N-dealkylation sites (tertiary alicyclic amines) is 1. The summed E-state index contributed by atoms with van der Waals surface area (Å²) < 4.78 is 9.67. The number of aryl methyl sites for hydroxylation is 1. The summed E-state index contributed by atoms with van der Waals surface area (Å²) in [5, 5.41) is 1.96. The number of cyclic esters (lactones) is 2. The van der Waals surface area contributed by atoms with Crippen LogP contribution in [-0.2, 0) is 34.3 Å². The van der Waals surface area contributed by atoms with E-state index in [0.717, 1.165) is 64.7 Å². The number of ether oxygens (including phenoxy) is 1. The van der Waals surface area contributed by atoms with Crippen LogP contribution in [0.4, 0.5) is 0 Å². The Balaban J connectivity index is 1.54. The van der Waals surface area contributed by atoms with Crippen molar-refractivity contribution in [3.63, 3.8) is 0 Å². The molecule has 1 saturated heterocycles. The summed E-state index contributed by atoms with van der Waals surface area (Å²) in [6.45, 7) is 3.09. The first-order chi connectivity index (χ1) is 16.5. The third-order valence-corrected chi connectivity index (χ3v) is 7.97. The fourth-order valence-electron chi connectivity index (χ4n) is 6.55. The van der Waals surface area contributed by atoms with E-state index in [4.69, 9.17) is 4.74 Å². The van der Waals surface area contributed by atoms with Crippen molar-refractivity contribution in [1.29, 1.82) is 0 Å². The summed E-state index contributed by atoms with van der Waals surface area (Å²) in [4.78, 5) is 28.8. The molecule has 3 aliphatic heterocycles. The van der Waals surface area contributed by atoms with E-state index in [1.54, 1.807) is 0 Å². The maximum Gasteiger partial charge on any atom is 0.347 e. The SMILES string of the molecule is CN1C[C@@H]2Cn3c(c(C4=C(c5cn(C)c6ccccc56)C(=O)OC4=O)c4ccccc43)C[C@H]2C1. The van der Waals surface area contributed by atoms with Gasteiger partial charge in [-0.3, -0.25) is 0 Å². The van der Waals surface area contributed by atoms with Gasteiger partial charge in [-0.15, -0.1) is 0 Å². The zero-order chi connectivity index (χ0) is 23.1. The van der Waals surface area contributed by atoms with Gasteiger partial charge in [0.1, 0.15) is 0 Å². The van der Waals surface area contributed by atoms with Gasteiger partial charge in [0.25, 0.3) is 0 Å². The Morgan fingerprint density at radius 3 is 2.29 bits per heavy atom. The maximum atomic E-state index is 13.3. The van der Waals surface area contributed by atoms with Gasteiger partial charge in [-0.1, -0.05) is 36.4 Å². The molecule has 0 aliphatic carbocycles. The van der Waals surface area contributed by atoms with Crippen LogP contribution in [0.3, 0.4) is 0 Å². The molecule has 0 amide bonds. The number of esters is 2. The first kappa shape index (κ1) is 19.8. The minimum Gasteiger partial charge on any atom is -0.386 e. The molecular weight excluding hydrogens is 426 g/mol. The predicted molar refractivity (Wildman–Crippen MR) is 131 cm³/mol. The lowest BCUT2D eigenvalue weighted by atomic mass is 9.85. The molecule has 2 aromatic carbocycles. The fraction of sp³-hybridized carbons (Fsp3) is 0.286. The van der Waals surface area contributed by atoms with E-state index in [-0.39, 0.29) is 0 Å². The van der Waals surface area contributed by atoms with Crippen molar-refractivity contribution < 1.29 is 14.3 Å². The number of hydrogen-bond acceptors (Lipinski definition) is 4. The Bertz CT molecular complexity index is 1570. The van der Waals surface area contributed by atoms with Crippen LogP contribution in [-0.4, -0.2) is 46.1 Å². The second-order valence-corrected chi connectivity index (χ2v) is 9.99. The van der Waals surface area contributed by atoms with Gasteiger partial charge in [-0.25, -0.2) is 9.59 Å². The Morgan fingerprint density at radius 1 is 0.794 bits per heavy atom. The van der Waals surface area contributed by atoms with Gasteiger partial charge in [0, 0.05) is 71.5 Å². The largest absolute Gasteiger partial charge is 0.386 e. The lowest BCUT2D eigenvalue weighted by Gasteiger charge is -2.28. The van der Waals surface area contributed by atoms with Crippen molar-refractivity contribution in [2.45, 2.75) is 13.0 Å². The summed E-state index contributed by atoms with van der Waals surface area (Å²) in [7, 11) is 4.14. The van der Waals surface area contributed by atoms with Gasteiger partial charge >= 0.3 is 11.9 Å². The minimum absolute atomic E-state index is 0.381. The lowest BCUT2D eigenvalue weighted by molar-refractivity contribution is -0.149. The molecule has 1 fully saturated rings. The van der Waals surface area contributed by atoms with Crippen LogP contribution in [0.15, 0.2) is 54.7 Å². The van der Waals surface area contributed by atoms with Crippen molar-refractivity contribution >= 4 is 44.9 Å². The molecule has 0 bridgehead atoms. The molecule has 0 spiro atoms. The number of carbonyl (C=O) groups excluding carboxylic acids is 2. The molecule has 34 heavy (non-hydrogen) atoms. The van der Waals surface area contributed by atoms with Crippen LogP contribution >= 0.6 is 0 Å². The Hall–Kier alpha value is -3.64. The fourth-order valence-corrected chi connectivity index (χ4v) is 6.55. The normalized spacial score (nSPS) is 22.6. The zero-order valence-corrected chi connectivity index (χ0v) is 19.2. The molecule has 170 valence electrons. The van der Waals surface area contributed by atoms with Crippen molar-refractivity contribution in [2.24, 2.45) is 18.9 Å². The molecule has 2 aromatic heterocycles. The number of rotatable bonds is 2. The Morgan fingerprint density at radius 2 is 1.47 bits per heavy atom. The molecule has 2 atom stereocenters. The third kappa shape index (κ3) is 2.60. The number of aromatic nitrogens is 2. The van der Waals surface area contributed by atoms with E-state index in [9.17, 15) is 9.59 Å². The first-order valence-electron chi connectivity index (χ1n) is 11.9. The number of fused-ring (bicyclic) bond motifs is 5. The molecular formula is C28H25N3O3. The highest BCUT2D eigenvalue weighted by molar-refractivity contribution is 6.47. The molecule has 6 heteroatoms. The summed E-state index contributed by atoms with van der Waals surface area (Å²) in [5.74, 6) is 0.0487. The zero-order valence-electron chi connectivity index (χ0n) is 19.2. The summed E-state index contributed by atoms with van der Waals surface area (Å²) in [6, 6.07) is 16.2. The van der Waals surface area contributed by atoms with Crippen LogP contribution < -0.4 is 0 Å². The van der Waals surface area contributed by atoms with E-state index in [1.165, 1.54) is 0 Å². The molecule has 0 radical (unpaired) electrons. The highest BCUT2D eigenvalue weighted by Crippen LogP contribution is 2.45.